The Morgan fingerprint density at radius 2 is 1.69 bits per heavy atom. The molecule has 0 aromatic carbocycles. The Morgan fingerprint density at radius 1 is 1.23 bits per heavy atom. The molecule has 0 aliphatic rings. The van der Waals surface area contributed by atoms with E-state index in [4.69, 9.17) is 5.73 Å². The van der Waals surface area contributed by atoms with Gasteiger partial charge in [-0.3, -0.25) is 9.59 Å². The fourth-order valence-corrected chi connectivity index (χ4v) is 1.43. The van der Waals surface area contributed by atoms with Gasteiger partial charge >= 0.3 is 0 Å². The van der Waals surface area contributed by atoms with Crippen molar-refractivity contribution in [3.05, 3.63) is 0 Å². The highest BCUT2D eigenvalue weighted by atomic mass is 16.1. The summed E-state index contributed by atoms with van der Waals surface area (Å²) in [5.41, 5.74) is 5.16. The second-order valence-electron chi connectivity index (χ2n) is 4.04. The lowest BCUT2D eigenvalue weighted by molar-refractivity contribution is -0.130. The number of amides is 1. The van der Waals surface area contributed by atoms with Crippen molar-refractivity contribution in [1.82, 2.24) is 0 Å². The van der Waals surface area contributed by atoms with Crippen molar-refractivity contribution in [2.45, 2.75) is 34.1 Å². The number of ketones is 1. The van der Waals surface area contributed by atoms with Gasteiger partial charge in [-0.1, -0.05) is 20.8 Å². The summed E-state index contributed by atoms with van der Waals surface area (Å²) in [7, 11) is 0. The number of hydrogen-bond donors (Lipinski definition) is 1. The third-order valence-corrected chi connectivity index (χ3v) is 2.30. The topological polar surface area (TPSA) is 60.2 Å². The fourth-order valence-electron chi connectivity index (χ4n) is 1.43. The highest BCUT2D eigenvalue weighted by Gasteiger charge is 2.26. The molecule has 0 aromatic rings. The first-order chi connectivity index (χ1) is 5.86. The first kappa shape index (κ1) is 12.1. The number of Topliss-reactive ketones (excluding diaryl/α,β-unsaturated/α-hetero) is 1. The summed E-state index contributed by atoms with van der Waals surface area (Å²) < 4.78 is 0. The van der Waals surface area contributed by atoms with Gasteiger partial charge in [0.25, 0.3) is 0 Å². The maximum Gasteiger partial charge on any atom is 0.220 e. The Morgan fingerprint density at radius 3 is 1.92 bits per heavy atom. The SMILES string of the molecule is CC(=O)C(CC(C)C)C(C)C(N)=O. The highest BCUT2D eigenvalue weighted by Crippen LogP contribution is 2.21. The maximum absolute atomic E-state index is 11.2. The Kier molecular flexibility index (Phi) is 4.67. The summed E-state index contributed by atoms with van der Waals surface area (Å²) >= 11 is 0. The van der Waals surface area contributed by atoms with Gasteiger partial charge in [0.2, 0.25) is 5.91 Å². The number of carbonyl (C=O) groups excluding carboxylic acids is 2. The van der Waals surface area contributed by atoms with Gasteiger partial charge in [0.1, 0.15) is 5.78 Å². The van der Waals surface area contributed by atoms with E-state index in [9.17, 15) is 9.59 Å². The van der Waals surface area contributed by atoms with Gasteiger partial charge in [0.15, 0.2) is 0 Å². The largest absolute Gasteiger partial charge is 0.369 e. The van der Waals surface area contributed by atoms with E-state index in [0.29, 0.717) is 5.92 Å². The molecule has 2 N–H and O–H groups in total. The summed E-state index contributed by atoms with van der Waals surface area (Å²) in [4.78, 5) is 22.1. The van der Waals surface area contributed by atoms with Crippen molar-refractivity contribution >= 4 is 11.7 Å². The number of carbonyl (C=O) groups is 2. The molecule has 0 bridgehead atoms. The second kappa shape index (κ2) is 5.00. The van der Waals surface area contributed by atoms with Crippen LogP contribution in [-0.2, 0) is 9.59 Å². The molecule has 0 aliphatic carbocycles. The minimum absolute atomic E-state index is 0.0556. The van der Waals surface area contributed by atoms with Crippen LogP contribution < -0.4 is 5.73 Å². The third kappa shape index (κ3) is 4.06. The van der Waals surface area contributed by atoms with Gasteiger partial charge in [0.05, 0.1) is 0 Å². The fraction of sp³-hybridized carbons (Fsp3) is 0.800. The average molecular weight is 185 g/mol. The van der Waals surface area contributed by atoms with Gasteiger partial charge in [-0.05, 0) is 19.3 Å². The molecule has 76 valence electrons. The molecule has 0 fully saturated rings. The van der Waals surface area contributed by atoms with Crippen molar-refractivity contribution in [3.8, 4) is 0 Å². The van der Waals surface area contributed by atoms with Crippen LogP contribution in [-0.4, -0.2) is 11.7 Å². The monoisotopic (exact) mass is 185 g/mol. The molecule has 0 radical (unpaired) electrons. The molecular formula is C10H19NO2. The van der Waals surface area contributed by atoms with Crippen LogP contribution in [0.4, 0.5) is 0 Å². The predicted octanol–water partition coefficient (Wildman–Crippen LogP) is 1.36. The minimum Gasteiger partial charge on any atom is -0.369 e. The van der Waals surface area contributed by atoms with Crippen LogP contribution in [0.15, 0.2) is 0 Å². The summed E-state index contributed by atoms with van der Waals surface area (Å²) in [5, 5.41) is 0. The molecule has 3 heteroatoms. The highest BCUT2D eigenvalue weighted by molar-refractivity contribution is 5.86. The van der Waals surface area contributed by atoms with Gasteiger partial charge < -0.3 is 5.73 Å². The molecule has 13 heavy (non-hydrogen) atoms. The molecule has 0 spiro atoms. The van der Waals surface area contributed by atoms with Crippen LogP contribution in [0.2, 0.25) is 0 Å². The molecule has 0 aromatic heterocycles. The average Bonchev–Trinajstić information content (AvgIpc) is 1.97. The van der Waals surface area contributed by atoms with Gasteiger partial charge in [-0.25, -0.2) is 0 Å². The molecule has 0 aliphatic heterocycles. The van der Waals surface area contributed by atoms with E-state index in [2.05, 4.69) is 0 Å². The van der Waals surface area contributed by atoms with Gasteiger partial charge in [-0.2, -0.15) is 0 Å². The number of rotatable bonds is 5. The Labute approximate surface area is 79.7 Å². The van der Waals surface area contributed by atoms with E-state index in [1.165, 1.54) is 6.92 Å². The van der Waals surface area contributed by atoms with Crippen molar-refractivity contribution in [2.24, 2.45) is 23.5 Å². The van der Waals surface area contributed by atoms with Crippen LogP contribution in [0.25, 0.3) is 0 Å². The summed E-state index contributed by atoms with van der Waals surface area (Å²) in [6.07, 6.45) is 0.736. The molecule has 0 saturated carbocycles. The van der Waals surface area contributed by atoms with Crippen molar-refractivity contribution in [2.75, 3.05) is 0 Å². The molecule has 0 heterocycles. The molecular weight excluding hydrogens is 166 g/mol. The van der Waals surface area contributed by atoms with Gasteiger partial charge in [-0.15, -0.1) is 0 Å². The smallest absolute Gasteiger partial charge is 0.220 e. The summed E-state index contributed by atoms with van der Waals surface area (Å²) in [5.74, 6) is -0.478. The summed E-state index contributed by atoms with van der Waals surface area (Å²) in [6.45, 7) is 7.30. The quantitative estimate of drug-likeness (QED) is 0.703. The molecule has 1 amide bonds. The Balaban J connectivity index is 4.42. The van der Waals surface area contributed by atoms with E-state index in [1.54, 1.807) is 6.92 Å². The lowest BCUT2D eigenvalue weighted by Crippen LogP contribution is -2.32. The zero-order valence-corrected chi connectivity index (χ0v) is 8.83. The zero-order valence-electron chi connectivity index (χ0n) is 8.83. The number of hydrogen-bond acceptors (Lipinski definition) is 2. The van der Waals surface area contributed by atoms with Crippen LogP contribution >= 0.6 is 0 Å². The van der Waals surface area contributed by atoms with E-state index < -0.39 is 0 Å². The van der Waals surface area contributed by atoms with E-state index >= 15 is 0 Å². The van der Waals surface area contributed by atoms with E-state index in [0.717, 1.165) is 6.42 Å². The summed E-state index contributed by atoms with van der Waals surface area (Å²) in [6, 6.07) is 0. The molecule has 0 saturated heterocycles. The van der Waals surface area contributed by atoms with Crippen LogP contribution in [0.3, 0.4) is 0 Å². The minimum atomic E-state index is -0.388. The van der Waals surface area contributed by atoms with Crippen LogP contribution in [0.1, 0.15) is 34.1 Å². The lowest BCUT2D eigenvalue weighted by atomic mass is 9.83. The number of nitrogens with two attached hydrogens (primary N) is 1. The molecule has 2 unspecified atom stereocenters. The Bertz CT molecular complexity index is 199. The predicted molar refractivity (Wildman–Crippen MR) is 52.0 cm³/mol. The van der Waals surface area contributed by atoms with Crippen molar-refractivity contribution in [1.29, 1.82) is 0 Å². The number of primary amides is 1. The van der Waals surface area contributed by atoms with Crippen LogP contribution in [0.5, 0.6) is 0 Å². The van der Waals surface area contributed by atoms with Gasteiger partial charge in [0, 0.05) is 11.8 Å². The maximum atomic E-state index is 11.2. The first-order valence-electron chi connectivity index (χ1n) is 4.66. The van der Waals surface area contributed by atoms with Crippen molar-refractivity contribution < 1.29 is 9.59 Å². The second-order valence-corrected chi connectivity index (χ2v) is 4.04. The van der Waals surface area contributed by atoms with E-state index in [-0.39, 0.29) is 23.5 Å². The normalized spacial score (nSPS) is 15.5. The van der Waals surface area contributed by atoms with E-state index in [1.807, 2.05) is 13.8 Å². The third-order valence-electron chi connectivity index (χ3n) is 2.30. The lowest BCUT2D eigenvalue weighted by Gasteiger charge is -2.20. The molecule has 3 nitrogen and oxygen atoms in total. The zero-order chi connectivity index (χ0) is 10.6. The standard InChI is InChI=1S/C10H19NO2/c1-6(2)5-9(8(4)12)7(3)10(11)13/h6-7,9H,5H2,1-4H3,(H2,11,13). The van der Waals surface area contributed by atoms with Crippen LogP contribution in [0, 0.1) is 17.8 Å². The molecule has 0 rings (SSSR count). The Hall–Kier alpha value is -0.860. The molecule has 2 atom stereocenters. The first-order valence-corrected chi connectivity index (χ1v) is 4.66. The van der Waals surface area contributed by atoms with Crippen molar-refractivity contribution in [3.63, 3.8) is 0 Å².